The van der Waals surface area contributed by atoms with Crippen LogP contribution in [0, 0.1) is 5.82 Å². The van der Waals surface area contributed by atoms with Gasteiger partial charge in [0.25, 0.3) is 0 Å². The van der Waals surface area contributed by atoms with Gasteiger partial charge in [-0.2, -0.15) is 5.10 Å². The first-order valence-electron chi connectivity index (χ1n) is 7.15. The molecule has 25 heavy (non-hydrogen) atoms. The molecule has 0 aliphatic heterocycles. The van der Waals surface area contributed by atoms with Gasteiger partial charge in [0.1, 0.15) is 5.82 Å². The fourth-order valence-electron chi connectivity index (χ4n) is 1.90. The number of benzene rings is 2. The summed E-state index contributed by atoms with van der Waals surface area (Å²) < 4.78 is 23.3. The molecule has 2 N–H and O–H groups in total. The lowest BCUT2D eigenvalue weighted by Crippen LogP contribution is -2.32. The van der Waals surface area contributed by atoms with Crippen LogP contribution in [0.15, 0.2) is 47.6 Å². The molecule has 0 aromatic heterocycles. The van der Waals surface area contributed by atoms with Crippen LogP contribution >= 0.6 is 0 Å². The largest absolute Gasteiger partial charge is 0.493 e. The molecule has 2 aromatic carbocycles. The summed E-state index contributed by atoms with van der Waals surface area (Å²) in [6.45, 7) is 0. The topological polar surface area (TPSA) is 89.0 Å². The van der Waals surface area contributed by atoms with Gasteiger partial charge in [-0.15, -0.1) is 0 Å². The third-order valence-electron chi connectivity index (χ3n) is 3.08. The van der Waals surface area contributed by atoms with Crippen LogP contribution in [-0.2, 0) is 9.59 Å². The van der Waals surface area contributed by atoms with E-state index in [2.05, 4.69) is 15.8 Å². The van der Waals surface area contributed by atoms with E-state index in [0.29, 0.717) is 17.1 Å². The first-order chi connectivity index (χ1) is 12.0. The van der Waals surface area contributed by atoms with Gasteiger partial charge < -0.3 is 14.8 Å². The summed E-state index contributed by atoms with van der Waals surface area (Å²) in [6, 6.07) is 10.2. The fourth-order valence-corrected chi connectivity index (χ4v) is 1.90. The maximum Gasteiger partial charge on any atom is 0.329 e. The van der Waals surface area contributed by atoms with Gasteiger partial charge in [0.15, 0.2) is 11.5 Å². The standard InChI is InChI=1S/C17H16FN3O4/c1-24-14-7-6-11(8-15(14)25-2)10-19-21-17(23)16(22)20-13-5-3-4-12(18)9-13/h3-10H,1-2H3,(H,20,22)(H,21,23)/b19-10-. The minimum Gasteiger partial charge on any atom is -0.493 e. The van der Waals surface area contributed by atoms with Crippen molar-refractivity contribution in [1.82, 2.24) is 5.43 Å². The van der Waals surface area contributed by atoms with Crippen LogP contribution in [0.25, 0.3) is 0 Å². The lowest BCUT2D eigenvalue weighted by molar-refractivity contribution is -0.136. The van der Waals surface area contributed by atoms with Gasteiger partial charge in [0.05, 0.1) is 20.4 Å². The zero-order valence-electron chi connectivity index (χ0n) is 13.6. The summed E-state index contributed by atoms with van der Waals surface area (Å²) in [4.78, 5) is 23.4. The number of hydrogen-bond donors (Lipinski definition) is 2. The van der Waals surface area contributed by atoms with Crippen molar-refractivity contribution < 1.29 is 23.5 Å². The zero-order valence-corrected chi connectivity index (χ0v) is 13.6. The first-order valence-corrected chi connectivity index (χ1v) is 7.15. The number of anilines is 1. The molecule has 2 aromatic rings. The Morgan fingerprint density at radius 2 is 1.80 bits per heavy atom. The van der Waals surface area contributed by atoms with Gasteiger partial charge in [-0.25, -0.2) is 9.82 Å². The molecule has 0 atom stereocenters. The number of carbonyl (C=O) groups excluding carboxylic acids is 2. The molecule has 0 saturated heterocycles. The summed E-state index contributed by atoms with van der Waals surface area (Å²) in [7, 11) is 3.01. The van der Waals surface area contributed by atoms with Crippen LogP contribution in [-0.4, -0.2) is 32.2 Å². The summed E-state index contributed by atoms with van der Waals surface area (Å²) in [5.74, 6) is -1.42. The van der Waals surface area contributed by atoms with Crippen LogP contribution in [0.5, 0.6) is 11.5 Å². The molecule has 0 unspecified atom stereocenters. The summed E-state index contributed by atoms with van der Waals surface area (Å²) in [6.07, 6.45) is 1.34. The second kappa shape index (κ2) is 8.44. The molecule has 0 heterocycles. The molecule has 0 spiro atoms. The summed E-state index contributed by atoms with van der Waals surface area (Å²) in [5, 5.41) is 5.96. The van der Waals surface area contributed by atoms with Crippen molar-refractivity contribution in [2.24, 2.45) is 5.10 Å². The molecule has 0 aliphatic carbocycles. The lowest BCUT2D eigenvalue weighted by atomic mass is 10.2. The highest BCUT2D eigenvalue weighted by Gasteiger charge is 2.13. The Bertz CT molecular complexity index is 808. The highest BCUT2D eigenvalue weighted by atomic mass is 19.1. The molecular weight excluding hydrogens is 329 g/mol. The Kier molecular flexibility index (Phi) is 6.05. The number of methoxy groups -OCH3 is 2. The maximum atomic E-state index is 13.0. The highest BCUT2D eigenvalue weighted by molar-refractivity contribution is 6.39. The number of rotatable bonds is 5. The average Bonchev–Trinajstić information content (AvgIpc) is 2.61. The molecule has 8 heteroatoms. The number of amides is 2. The van der Waals surface area contributed by atoms with Crippen molar-refractivity contribution in [1.29, 1.82) is 0 Å². The second-order valence-corrected chi connectivity index (χ2v) is 4.78. The van der Waals surface area contributed by atoms with Crippen molar-refractivity contribution in [3.05, 3.63) is 53.8 Å². The second-order valence-electron chi connectivity index (χ2n) is 4.78. The predicted molar refractivity (Wildman–Crippen MR) is 90.3 cm³/mol. The third-order valence-corrected chi connectivity index (χ3v) is 3.08. The van der Waals surface area contributed by atoms with Gasteiger partial charge in [-0.3, -0.25) is 9.59 Å². The van der Waals surface area contributed by atoms with Crippen LogP contribution in [0.4, 0.5) is 10.1 Å². The smallest absolute Gasteiger partial charge is 0.329 e. The third kappa shape index (κ3) is 5.03. The Balaban J connectivity index is 1.94. The number of halogens is 1. The van der Waals surface area contributed by atoms with Crippen LogP contribution in [0.1, 0.15) is 5.56 Å². The molecule has 7 nitrogen and oxygen atoms in total. The van der Waals surface area contributed by atoms with Crippen molar-refractivity contribution in [3.63, 3.8) is 0 Å². The van der Waals surface area contributed by atoms with Gasteiger partial charge in [0.2, 0.25) is 0 Å². The predicted octanol–water partition coefficient (Wildman–Crippen LogP) is 1.93. The van der Waals surface area contributed by atoms with Gasteiger partial charge in [0, 0.05) is 5.69 Å². The molecule has 0 fully saturated rings. The van der Waals surface area contributed by atoms with Gasteiger partial charge in [-0.1, -0.05) is 6.07 Å². The molecule has 2 rings (SSSR count). The van der Waals surface area contributed by atoms with Crippen molar-refractivity contribution >= 4 is 23.7 Å². The zero-order chi connectivity index (χ0) is 18.2. The number of hydrazone groups is 1. The van der Waals surface area contributed by atoms with Gasteiger partial charge >= 0.3 is 11.8 Å². The SMILES string of the molecule is COc1ccc(/C=N\NC(=O)C(=O)Nc2cccc(F)c2)cc1OC. The quantitative estimate of drug-likeness (QED) is 0.492. The Morgan fingerprint density at radius 3 is 2.48 bits per heavy atom. The van der Waals surface area contributed by atoms with E-state index in [-0.39, 0.29) is 5.69 Å². The van der Waals surface area contributed by atoms with E-state index in [1.54, 1.807) is 18.2 Å². The first kappa shape index (κ1) is 17.9. The molecule has 0 radical (unpaired) electrons. The Morgan fingerprint density at radius 1 is 1.04 bits per heavy atom. The van der Waals surface area contributed by atoms with Crippen molar-refractivity contribution in [3.8, 4) is 11.5 Å². The average molecular weight is 345 g/mol. The van der Waals surface area contributed by atoms with Crippen LogP contribution < -0.4 is 20.2 Å². The molecule has 2 amide bonds. The Labute approximate surface area is 143 Å². The maximum absolute atomic E-state index is 13.0. The van der Waals surface area contributed by atoms with E-state index >= 15 is 0 Å². The molecule has 130 valence electrons. The minimum absolute atomic E-state index is 0.170. The van der Waals surface area contributed by atoms with E-state index < -0.39 is 17.6 Å². The molecular formula is C17H16FN3O4. The fraction of sp³-hybridized carbons (Fsp3) is 0.118. The normalized spacial score (nSPS) is 10.4. The van der Waals surface area contributed by atoms with E-state index in [1.165, 1.54) is 38.6 Å². The number of ether oxygens (including phenoxy) is 2. The number of hydrogen-bond acceptors (Lipinski definition) is 5. The van der Waals surface area contributed by atoms with E-state index in [4.69, 9.17) is 9.47 Å². The molecule has 0 saturated carbocycles. The Hall–Kier alpha value is -3.42. The van der Waals surface area contributed by atoms with Crippen LogP contribution in [0.2, 0.25) is 0 Å². The lowest BCUT2D eigenvalue weighted by Gasteiger charge is -2.07. The van der Waals surface area contributed by atoms with Crippen LogP contribution in [0.3, 0.4) is 0 Å². The van der Waals surface area contributed by atoms with Gasteiger partial charge in [-0.05, 0) is 42.0 Å². The van der Waals surface area contributed by atoms with Crippen molar-refractivity contribution in [2.45, 2.75) is 0 Å². The molecule has 0 bridgehead atoms. The monoisotopic (exact) mass is 345 g/mol. The minimum atomic E-state index is -0.985. The summed E-state index contributed by atoms with van der Waals surface area (Å²) in [5.41, 5.74) is 2.88. The summed E-state index contributed by atoms with van der Waals surface area (Å²) >= 11 is 0. The molecule has 0 aliphatic rings. The number of nitrogens with zero attached hydrogens (tertiary/aromatic N) is 1. The van der Waals surface area contributed by atoms with Crippen molar-refractivity contribution in [2.75, 3.05) is 19.5 Å². The number of carbonyl (C=O) groups is 2. The number of nitrogens with one attached hydrogen (secondary N) is 2. The highest BCUT2D eigenvalue weighted by Crippen LogP contribution is 2.26. The van der Waals surface area contributed by atoms with E-state index in [1.807, 2.05) is 0 Å². The van der Waals surface area contributed by atoms with E-state index in [9.17, 15) is 14.0 Å². The van der Waals surface area contributed by atoms with E-state index in [0.717, 1.165) is 6.07 Å².